The molecule has 4 rings (SSSR count). The van der Waals surface area contributed by atoms with Gasteiger partial charge < -0.3 is 10.0 Å². The molecule has 1 heterocycles. The third-order valence-electron chi connectivity index (χ3n) is 5.45. The number of phenolic OH excluding ortho intramolecular Hbond substituents is 1. The highest BCUT2D eigenvalue weighted by Gasteiger charge is 2.24. The summed E-state index contributed by atoms with van der Waals surface area (Å²) in [6, 6.07) is 15.3. The van der Waals surface area contributed by atoms with Gasteiger partial charge in [-0.15, -0.1) is 0 Å². The zero-order valence-corrected chi connectivity index (χ0v) is 17.4. The van der Waals surface area contributed by atoms with Crippen molar-refractivity contribution >= 4 is 17.5 Å². The van der Waals surface area contributed by atoms with Crippen molar-refractivity contribution in [1.82, 2.24) is 9.80 Å². The number of phenols is 1. The Hall–Kier alpha value is -2.96. The Morgan fingerprint density at radius 2 is 1.65 bits per heavy atom. The van der Waals surface area contributed by atoms with Gasteiger partial charge in [0.25, 0.3) is 5.91 Å². The number of aromatic hydroxyl groups is 1. The van der Waals surface area contributed by atoms with Crippen LogP contribution in [0.25, 0.3) is 11.1 Å². The van der Waals surface area contributed by atoms with Crippen molar-refractivity contribution in [2.24, 2.45) is 0 Å². The van der Waals surface area contributed by atoms with E-state index < -0.39 is 11.6 Å². The van der Waals surface area contributed by atoms with E-state index in [1.54, 1.807) is 4.90 Å². The number of carbonyl (C=O) groups is 1. The molecule has 3 aromatic carbocycles. The van der Waals surface area contributed by atoms with E-state index in [0.29, 0.717) is 36.8 Å². The van der Waals surface area contributed by atoms with Crippen molar-refractivity contribution in [2.75, 3.05) is 26.2 Å². The molecule has 1 amide bonds. The lowest BCUT2D eigenvalue weighted by Crippen LogP contribution is -2.48. The quantitative estimate of drug-likeness (QED) is 0.621. The van der Waals surface area contributed by atoms with Crippen LogP contribution in [-0.4, -0.2) is 47.0 Å². The molecule has 4 nitrogen and oxygen atoms in total. The molecule has 0 aliphatic carbocycles. The van der Waals surface area contributed by atoms with E-state index in [4.69, 9.17) is 11.6 Å². The predicted octanol–water partition coefficient (Wildman–Crippen LogP) is 4.95. The fourth-order valence-corrected chi connectivity index (χ4v) is 3.85. The molecule has 1 N–H and O–H groups in total. The van der Waals surface area contributed by atoms with Gasteiger partial charge in [0.05, 0.1) is 5.56 Å². The minimum atomic E-state index is -0.722. The fraction of sp³-hybridized carbons (Fsp3) is 0.208. The summed E-state index contributed by atoms with van der Waals surface area (Å²) in [5, 5.41) is 10.9. The fourth-order valence-electron chi connectivity index (χ4n) is 3.73. The van der Waals surface area contributed by atoms with Crippen LogP contribution >= 0.6 is 11.6 Å². The summed E-state index contributed by atoms with van der Waals surface area (Å²) < 4.78 is 27.4. The van der Waals surface area contributed by atoms with Gasteiger partial charge in [-0.1, -0.05) is 29.8 Å². The van der Waals surface area contributed by atoms with Crippen LogP contribution in [0.2, 0.25) is 5.02 Å². The van der Waals surface area contributed by atoms with Gasteiger partial charge in [-0.25, -0.2) is 8.78 Å². The first-order valence-electron chi connectivity index (χ1n) is 9.95. The van der Waals surface area contributed by atoms with Crippen LogP contribution in [0.1, 0.15) is 15.9 Å². The molecule has 7 heteroatoms. The summed E-state index contributed by atoms with van der Waals surface area (Å²) in [6.07, 6.45) is 0. The summed E-state index contributed by atoms with van der Waals surface area (Å²) in [6.45, 7) is 3.19. The molecule has 1 aliphatic rings. The van der Waals surface area contributed by atoms with Crippen LogP contribution in [-0.2, 0) is 6.54 Å². The lowest BCUT2D eigenvalue weighted by atomic mass is 10.0. The second-order valence-corrected chi connectivity index (χ2v) is 7.99. The van der Waals surface area contributed by atoms with E-state index in [1.807, 2.05) is 24.3 Å². The largest absolute Gasteiger partial charge is 0.507 e. The molecule has 0 spiro atoms. The van der Waals surface area contributed by atoms with Crippen LogP contribution in [0.15, 0.2) is 60.7 Å². The number of carbonyl (C=O) groups excluding carboxylic acids is 1. The second kappa shape index (κ2) is 9.04. The highest BCUT2D eigenvalue weighted by atomic mass is 35.5. The zero-order chi connectivity index (χ0) is 22.0. The van der Waals surface area contributed by atoms with Gasteiger partial charge in [0.15, 0.2) is 0 Å². The van der Waals surface area contributed by atoms with Gasteiger partial charge in [0.2, 0.25) is 0 Å². The normalized spacial score (nSPS) is 14.6. The number of amides is 1. The zero-order valence-electron chi connectivity index (χ0n) is 16.7. The maximum absolute atomic E-state index is 14.2. The third kappa shape index (κ3) is 4.86. The number of piperazine rings is 1. The van der Waals surface area contributed by atoms with Crippen molar-refractivity contribution in [2.45, 2.75) is 6.54 Å². The van der Waals surface area contributed by atoms with Crippen molar-refractivity contribution < 1.29 is 18.7 Å². The van der Waals surface area contributed by atoms with Crippen molar-refractivity contribution in [3.8, 4) is 16.9 Å². The predicted molar refractivity (Wildman–Crippen MR) is 116 cm³/mol. The Bertz CT molecular complexity index is 1100. The Balaban J connectivity index is 1.45. The average Bonchev–Trinajstić information content (AvgIpc) is 2.76. The standard InChI is InChI=1S/C24H21ClF2N2O2/c25-18-4-1-16(2-5-18)15-28-9-11-29(12-10-28)24(31)21-13-17(3-8-23(21)30)20-7-6-19(26)14-22(20)27/h1-8,13-14,30H,9-12,15H2. The molecule has 0 bridgehead atoms. The van der Waals surface area contributed by atoms with E-state index in [9.17, 15) is 18.7 Å². The number of hydrogen-bond donors (Lipinski definition) is 1. The molecule has 0 atom stereocenters. The lowest BCUT2D eigenvalue weighted by Gasteiger charge is -2.35. The summed E-state index contributed by atoms with van der Waals surface area (Å²) in [4.78, 5) is 17.0. The monoisotopic (exact) mass is 442 g/mol. The van der Waals surface area contributed by atoms with Crippen molar-refractivity contribution in [3.05, 3.63) is 88.4 Å². The lowest BCUT2D eigenvalue weighted by molar-refractivity contribution is 0.0625. The van der Waals surface area contributed by atoms with Crippen molar-refractivity contribution in [1.29, 1.82) is 0 Å². The van der Waals surface area contributed by atoms with Crippen molar-refractivity contribution in [3.63, 3.8) is 0 Å². The van der Waals surface area contributed by atoms with Gasteiger partial charge in [0, 0.05) is 49.4 Å². The number of nitrogens with zero attached hydrogens (tertiary/aromatic N) is 2. The summed E-state index contributed by atoms with van der Waals surface area (Å²) in [5.74, 6) is -1.87. The Labute approximate surface area is 184 Å². The van der Waals surface area contributed by atoms with E-state index in [0.717, 1.165) is 24.2 Å². The van der Waals surface area contributed by atoms with Gasteiger partial charge in [-0.05, 0) is 47.5 Å². The Kier molecular flexibility index (Phi) is 6.20. The van der Waals surface area contributed by atoms with Gasteiger partial charge in [0.1, 0.15) is 17.4 Å². The summed E-state index contributed by atoms with van der Waals surface area (Å²) in [5.41, 5.74) is 1.83. The Morgan fingerprint density at radius 3 is 2.32 bits per heavy atom. The highest BCUT2D eigenvalue weighted by Crippen LogP contribution is 2.29. The second-order valence-electron chi connectivity index (χ2n) is 7.55. The van der Waals surface area contributed by atoms with Crippen LogP contribution in [0.3, 0.4) is 0 Å². The molecular weight excluding hydrogens is 422 g/mol. The third-order valence-corrected chi connectivity index (χ3v) is 5.70. The molecule has 160 valence electrons. The van der Waals surface area contributed by atoms with Crippen LogP contribution in [0, 0.1) is 11.6 Å². The molecule has 0 saturated carbocycles. The SMILES string of the molecule is O=C(c1cc(-c2ccc(F)cc2F)ccc1O)N1CCN(Cc2ccc(Cl)cc2)CC1. The molecule has 3 aromatic rings. The van der Waals surface area contributed by atoms with E-state index in [1.165, 1.54) is 24.3 Å². The average molecular weight is 443 g/mol. The molecular formula is C24H21ClF2N2O2. The van der Waals surface area contributed by atoms with Gasteiger partial charge in [-0.3, -0.25) is 9.69 Å². The molecule has 0 unspecified atom stereocenters. The summed E-state index contributed by atoms with van der Waals surface area (Å²) >= 11 is 5.93. The highest BCUT2D eigenvalue weighted by molar-refractivity contribution is 6.30. The van der Waals surface area contributed by atoms with E-state index >= 15 is 0 Å². The number of rotatable bonds is 4. The molecule has 0 aromatic heterocycles. The van der Waals surface area contributed by atoms with Gasteiger partial charge >= 0.3 is 0 Å². The molecule has 1 aliphatic heterocycles. The minimum absolute atomic E-state index is 0.104. The topological polar surface area (TPSA) is 43.8 Å². The molecule has 1 fully saturated rings. The molecule has 1 saturated heterocycles. The first kappa shape index (κ1) is 21.3. The van der Waals surface area contributed by atoms with Crippen LogP contribution < -0.4 is 0 Å². The molecule has 31 heavy (non-hydrogen) atoms. The van der Waals surface area contributed by atoms with Crippen LogP contribution in [0.5, 0.6) is 5.75 Å². The maximum atomic E-state index is 14.2. The number of halogens is 3. The number of hydrogen-bond acceptors (Lipinski definition) is 3. The van der Waals surface area contributed by atoms with Gasteiger partial charge in [-0.2, -0.15) is 0 Å². The van der Waals surface area contributed by atoms with E-state index in [2.05, 4.69) is 4.90 Å². The Morgan fingerprint density at radius 1 is 0.935 bits per heavy atom. The first-order chi connectivity index (χ1) is 14.9. The minimum Gasteiger partial charge on any atom is -0.507 e. The smallest absolute Gasteiger partial charge is 0.257 e. The number of benzene rings is 3. The van der Waals surface area contributed by atoms with E-state index in [-0.39, 0.29) is 22.8 Å². The van der Waals surface area contributed by atoms with Crippen LogP contribution in [0.4, 0.5) is 8.78 Å². The first-order valence-corrected chi connectivity index (χ1v) is 10.3. The summed E-state index contributed by atoms with van der Waals surface area (Å²) in [7, 11) is 0. The maximum Gasteiger partial charge on any atom is 0.257 e. The molecule has 0 radical (unpaired) electrons.